The highest BCUT2D eigenvalue weighted by atomic mass is 32.2. The molecule has 0 aromatic carbocycles. The maximum atomic E-state index is 13.4. The second kappa shape index (κ2) is 9.36. The Kier molecular flexibility index (Phi) is 6.81. The first-order valence-corrected chi connectivity index (χ1v) is 12.4. The predicted octanol–water partition coefficient (Wildman–Crippen LogP) is 4.66. The van der Waals surface area contributed by atoms with Gasteiger partial charge in [0, 0.05) is 11.8 Å². The Labute approximate surface area is 201 Å². The number of carbonyl (C=O) groups excluding carboxylic acids is 2. The highest BCUT2D eigenvalue weighted by Gasteiger charge is 2.50. The Morgan fingerprint density at radius 2 is 2.03 bits per heavy atom. The molecule has 4 rings (SSSR count). The first-order valence-electron chi connectivity index (χ1n) is 11.6. The van der Waals surface area contributed by atoms with E-state index in [0.29, 0.717) is 11.1 Å². The number of rotatable bonds is 4. The van der Waals surface area contributed by atoms with Crippen LogP contribution in [0.1, 0.15) is 52.4 Å². The molecular weight excluding hydrogens is 465 g/mol. The Morgan fingerprint density at radius 3 is 2.79 bits per heavy atom. The summed E-state index contributed by atoms with van der Waals surface area (Å²) in [4.78, 5) is 25.0. The molecule has 1 heterocycles. The fourth-order valence-electron chi connectivity index (χ4n) is 5.30. The number of fused-ring (bicyclic) bond motifs is 1. The molecule has 0 aromatic heterocycles. The summed E-state index contributed by atoms with van der Waals surface area (Å²) in [7, 11) is 0. The second-order valence-corrected chi connectivity index (χ2v) is 10.9. The van der Waals surface area contributed by atoms with E-state index in [0.717, 1.165) is 55.7 Å². The fraction of sp³-hybridized carbons (Fsp3) is 0.583. The number of hydrogen-bond donors (Lipinski definition) is 2. The van der Waals surface area contributed by atoms with E-state index in [-0.39, 0.29) is 11.8 Å². The van der Waals surface area contributed by atoms with Crippen molar-refractivity contribution in [2.75, 3.05) is 0 Å². The van der Waals surface area contributed by atoms with Gasteiger partial charge in [-0.25, -0.2) is 0 Å². The van der Waals surface area contributed by atoms with Gasteiger partial charge in [-0.3, -0.25) is 9.59 Å². The number of amidine groups is 1. The van der Waals surface area contributed by atoms with Crippen molar-refractivity contribution in [3.05, 3.63) is 36.5 Å². The van der Waals surface area contributed by atoms with Gasteiger partial charge in [0.1, 0.15) is 5.25 Å². The third-order valence-electron chi connectivity index (χ3n) is 7.26. The van der Waals surface area contributed by atoms with Gasteiger partial charge in [0.25, 0.3) is 0 Å². The molecule has 0 spiro atoms. The van der Waals surface area contributed by atoms with E-state index in [9.17, 15) is 22.8 Å². The van der Waals surface area contributed by atoms with Gasteiger partial charge in [-0.05, 0) is 44.9 Å². The number of alkyl halides is 3. The average molecular weight is 495 g/mol. The van der Waals surface area contributed by atoms with Crippen molar-refractivity contribution >= 4 is 34.5 Å². The number of nitrogens with one attached hydrogen (secondary N) is 2. The van der Waals surface area contributed by atoms with Gasteiger partial charge in [0.05, 0.1) is 17.2 Å². The van der Waals surface area contributed by atoms with Gasteiger partial charge in [-0.1, -0.05) is 55.1 Å². The number of amides is 2. The molecule has 0 radical (unpaired) electrons. The minimum absolute atomic E-state index is 0.125. The van der Waals surface area contributed by atoms with Crippen LogP contribution >= 0.6 is 11.8 Å². The van der Waals surface area contributed by atoms with Crippen LogP contribution in [0.5, 0.6) is 0 Å². The predicted molar refractivity (Wildman–Crippen MR) is 127 cm³/mol. The number of halogens is 3. The Bertz CT molecular complexity index is 1000. The molecule has 2 N–H and O–H groups in total. The average Bonchev–Trinajstić information content (AvgIpc) is 3.09. The number of nitrogens with zero attached hydrogens (tertiary/aromatic N) is 2. The number of thioether (sulfide) groups is 1. The maximum absolute atomic E-state index is 13.4. The molecule has 34 heavy (non-hydrogen) atoms. The fourth-order valence-corrected chi connectivity index (χ4v) is 6.21. The zero-order valence-corrected chi connectivity index (χ0v) is 20.0. The van der Waals surface area contributed by atoms with E-state index < -0.39 is 34.7 Å². The molecule has 2 amide bonds. The number of allylic oxidation sites excluding steroid dienone is 4. The van der Waals surface area contributed by atoms with Gasteiger partial charge in [-0.2, -0.15) is 18.3 Å². The van der Waals surface area contributed by atoms with Crippen molar-refractivity contribution in [3.63, 3.8) is 0 Å². The Hall–Kier alpha value is -2.36. The minimum Gasteiger partial charge on any atom is -0.346 e. The highest BCUT2D eigenvalue weighted by Crippen LogP contribution is 2.45. The van der Waals surface area contributed by atoms with Gasteiger partial charge in [-0.15, -0.1) is 5.10 Å². The van der Waals surface area contributed by atoms with Gasteiger partial charge < -0.3 is 10.6 Å². The minimum atomic E-state index is -4.51. The van der Waals surface area contributed by atoms with Crippen LogP contribution in [0.15, 0.2) is 46.7 Å². The molecule has 5 atom stereocenters. The van der Waals surface area contributed by atoms with E-state index in [1.807, 2.05) is 0 Å². The van der Waals surface area contributed by atoms with Gasteiger partial charge in [0.2, 0.25) is 11.8 Å². The molecule has 10 heteroatoms. The molecule has 0 aromatic rings. The summed E-state index contributed by atoms with van der Waals surface area (Å²) in [6, 6.07) is 0. The molecule has 5 unspecified atom stereocenters. The third-order valence-corrected chi connectivity index (χ3v) is 8.33. The maximum Gasteiger partial charge on any atom is 0.397 e. The van der Waals surface area contributed by atoms with Gasteiger partial charge >= 0.3 is 6.18 Å². The van der Waals surface area contributed by atoms with Crippen LogP contribution in [0.25, 0.3) is 0 Å². The lowest BCUT2D eigenvalue weighted by Crippen LogP contribution is -2.55. The number of carbonyl (C=O) groups is 2. The summed E-state index contributed by atoms with van der Waals surface area (Å²) in [5.74, 6) is -2.34. The summed E-state index contributed by atoms with van der Waals surface area (Å²) in [5.41, 5.74) is -0.751. The molecular formula is C24H29F3N4O2S. The molecule has 184 valence electrons. The normalized spacial score (nSPS) is 37.7. The lowest BCUT2D eigenvalue weighted by atomic mass is 9.62. The monoisotopic (exact) mass is 494 g/mol. The summed E-state index contributed by atoms with van der Waals surface area (Å²) in [6.45, 7) is 3.51. The largest absolute Gasteiger partial charge is 0.397 e. The van der Waals surface area contributed by atoms with E-state index in [1.54, 1.807) is 0 Å². The van der Waals surface area contributed by atoms with Crippen molar-refractivity contribution in [1.29, 1.82) is 0 Å². The van der Waals surface area contributed by atoms with Crippen LogP contribution in [0, 0.1) is 17.3 Å². The van der Waals surface area contributed by atoms with Gasteiger partial charge in [0.15, 0.2) is 5.17 Å². The van der Waals surface area contributed by atoms with Crippen molar-refractivity contribution < 1.29 is 22.8 Å². The SMILES string of the molecule is CC1(NC(=O)CC2S/C(=N\N=C3/CCCC4CCC=CC34C)NC2=O)C=CC=CC1C(F)(F)F. The van der Waals surface area contributed by atoms with E-state index in [2.05, 4.69) is 39.9 Å². The molecule has 4 aliphatic rings. The second-order valence-electron chi connectivity index (χ2n) is 9.70. The highest BCUT2D eigenvalue weighted by molar-refractivity contribution is 8.15. The van der Waals surface area contributed by atoms with Crippen LogP contribution < -0.4 is 10.6 Å². The third kappa shape index (κ3) is 5.01. The molecule has 1 saturated carbocycles. The summed E-state index contributed by atoms with van der Waals surface area (Å²) < 4.78 is 40.3. The first-order chi connectivity index (χ1) is 16.0. The molecule has 0 bridgehead atoms. The topological polar surface area (TPSA) is 82.9 Å². The van der Waals surface area contributed by atoms with Crippen molar-refractivity contribution in [3.8, 4) is 0 Å². The van der Waals surface area contributed by atoms with Crippen LogP contribution in [0.2, 0.25) is 0 Å². The lowest BCUT2D eigenvalue weighted by molar-refractivity contribution is -0.175. The molecule has 1 saturated heterocycles. The quantitative estimate of drug-likeness (QED) is 0.441. The zero-order valence-electron chi connectivity index (χ0n) is 19.2. The Morgan fingerprint density at radius 1 is 1.24 bits per heavy atom. The summed E-state index contributed by atoms with van der Waals surface area (Å²) in [5, 5.41) is 13.4. The smallest absolute Gasteiger partial charge is 0.346 e. The molecule has 6 nitrogen and oxygen atoms in total. The Balaban J connectivity index is 1.41. The number of hydrogen-bond acceptors (Lipinski definition) is 5. The van der Waals surface area contributed by atoms with Crippen LogP contribution in [0.4, 0.5) is 13.2 Å². The molecule has 1 aliphatic heterocycles. The molecule has 3 aliphatic carbocycles. The van der Waals surface area contributed by atoms with E-state index >= 15 is 0 Å². The zero-order chi connectivity index (χ0) is 24.6. The van der Waals surface area contributed by atoms with Crippen LogP contribution in [-0.4, -0.2) is 39.7 Å². The van der Waals surface area contributed by atoms with Crippen molar-refractivity contribution in [2.45, 2.75) is 69.3 Å². The molecule has 2 fully saturated rings. The summed E-state index contributed by atoms with van der Waals surface area (Å²) >= 11 is 1.08. The lowest BCUT2D eigenvalue weighted by Gasteiger charge is -2.42. The van der Waals surface area contributed by atoms with Crippen LogP contribution in [-0.2, 0) is 9.59 Å². The van der Waals surface area contributed by atoms with Crippen molar-refractivity contribution in [1.82, 2.24) is 10.6 Å². The summed E-state index contributed by atoms with van der Waals surface area (Å²) in [6.07, 6.45) is 10.1. The first kappa shape index (κ1) is 24.8. The van der Waals surface area contributed by atoms with Crippen LogP contribution in [0.3, 0.4) is 0 Å². The van der Waals surface area contributed by atoms with E-state index in [4.69, 9.17) is 0 Å². The standard InChI is InChI=1S/C24H29F3N4O2S/c1-22-12-5-3-8-15(22)9-7-11-18(22)30-31-21-28-20(33)16(34-21)14-19(32)29-23(2)13-6-4-10-17(23)24(25,26)27/h4-6,10,12-13,15-17H,3,7-9,11,14H2,1-2H3,(H,29,32)(H,28,31,33)/b30-18+. The van der Waals surface area contributed by atoms with E-state index in [1.165, 1.54) is 25.2 Å². The van der Waals surface area contributed by atoms with Crippen molar-refractivity contribution in [2.24, 2.45) is 27.5 Å².